The number of rotatable bonds is 4. The molecular formula is C14H18ClN5O3S. The molecule has 3 rings (SSSR count). The van der Waals surface area contributed by atoms with Crippen LogP contribution in [0.25, 0.3) is 11.5 Å². The van der Waals surface area contributed by atoms with Crippen LogP contribution >= 0.6 is 11.6 Å². The molecule has 0 bridgehead atoms. The van der Waals surface area contributed by atoms with E-state index in [1.165, 1.54) is 0 Å². The predicted octanol–water partition coefficient (Wildman–Crippen LogP) is 1.34. The Bertz CT molecular complexity index is 839. The van der Waals surface area contributed by atoms with Gasteiger partial charge in [-0.25, -0.2) is 8.42 Å². The highest BCUT2D eigenvalue weighted by Crippen LogP contribution is 2.31. The van der Waals surface area contributed by atoms with E-state index in [1.807, 2.05) is 7.05 Å². The highest BCUT2D eigenvalue weighted by atomic mass is 35.5. The predicted molar refractivity (Wildman–Crippen MR) is 91.5 cm³/mol. The number of piperazine rings is 1. The zero-order valence-electron chi connectivity index (χ0n) is 13.3. The van der Waals surface area contributed by atoms with Gasteiger partial charge in [0.15, 0.2) is 5.82 Å². The standard InChI is InChI=1S/C14H18ClN5O3S/c1-20-6-5-16-8-12(20)13-17-14(23-18-13)10-7-9(15)3-4-11(10)19-24(2,21)22/h3-4,7,12,16,19H,5-6,8H2,1-2H3. The lowest BCUT2D eigenvalue weighted by molar-refractivity contribution is 0.190. The second-order valence-electron chi connectivity index (χ2n) is 5.72. The second-order valence-corrected chi connectivity index (χ2v) is 7.91. The lowest BCUT2D eigenvalue weighted by Gasteiger charge is -2.30. The number of likely N-dealkylation sites (N-methyl/N-ethyl adjacent to an activating group) is 1. The summed E-state index contributed by atoms with van der Waals surface area (Å²) in [4.78, 5) is 6.57. The van der Waals surface area contributed by atoms with Crippen LogP contribution in [0.3, 0.4) is 0 Å². The maximum Gasteiger partial charge on any atom is 0.260 e. The minimum Gasteiger partial charge on any atom is -0.334 e. The molecule has 1 aromatic carbocycles. The Balaban J connectivity index is 1.96. The van der Waals surface area contributed by atoms with Gasteiger partial charge in [-0.3, -0.25) is 9.62 Å². The van der Waals surface area contributed by atoms with Gasteiger partial charge in [0.1, 0.15) is 0 Å². The van der Waals surface area contributed by atoms with Crippen molar-refractivity contribution in [1.82, 2.24) is 20.4 Å². The van der Waals surface area contributed by atoms with Crippen LogP contribution in [-0.4, -0.2) is 56.4 Å². The van der Waals surface area contributed by atoms with Crippen molar-refractivity contribution in [2.24, 2.45) is 0 Å². The van der Waals surface area contributed by atoms with Gasteiger partial charge in [0, 0.05) is 24.7 Å². The average molecular weight is 372 g/mol. The lowest BCUT2D eigenvalue weighted by Crippen LogP contribution is -2.44. The van der Waals surface area contributed by atoms with Crippen LogP contribution in [0.5, 0.6) is 0 Å². The Morgan fingerprint density at radius 3 is 2.96 bits per heavy atom. The van der Waals surface area contributed by atoms with Gasteiger partial charge >= 0.3 is 0 Å². The maximum absolute atomic E-state index is 11.5. The Labute approximate surface area is 145 Å². The van der Waals surface area contributed by atoms with Crippen LogP contribution in [-0.2, 0) is 10.0 Å². The third-order valence-corrected chi connectivity index (χ3v) is 4.58. The van der Waals surface area contributed by atoms with Crippen LogP contribution < -0.4 is 10.0 Å². The van der Waals surface area contributed by atoms with Crippen molar-refractivity contribution < 1.29 is 12.9 Å². The topological polar surface area (TPSA) is 100 Å². The van der Waals surface area contributed by atoms with Crippen LogP contribution in [0, 0.1) is 0 Å². The van der Waals surface area contributed by atoms with Crippen molar-refractivity contribution >= 4 is 27.3 Å². The molecule has 1 saturated heterocycles. The van der Waals surface area contributed by atoms with Crippen molar-refractivity contribution in [3.8, 4) is 11.5 Å². The number of hydrogen-bond acceptors (Lipinski definition) is 7. The molecule has 1 aliphatic heterocycles. The molecule has 130 valence electrons. The van der Waals surface area contributed by atoms with Gasteiger partial charge in [-0.05, 0) is 25.2 Å². The Kier molecular flexibility index (Phi) is 4.77. The third-order valence-electron chi connectivity index (χ3n) is 3.76. The molecule has 1 aliphatic rings. The van der Waals surface area contributed by atoms with Crippen LogP contribution in [0.2, 0.25) is 5.02 Å². The first kappa shape index (κ1) is 17.2. The summed E-state index contributed by atoms with van der Waals surface area (Å²) >= 11 is 6.03. The Morgan fingerprint density at radius 2 is 2.25 bits per heavy atom. The number of halogens is 1. The molecule has 1 fully saturated rings. The SMILES string of the molecule is CN1CCNCC1c1noc(-c2cc(Cl)ccc2NS(C)(=O)=O)n1. The van der Waals surface area contributed by atoms with Crippen LogP contribution in [0.1, 0.15) is 11.9 Å². The summed E-state index contributed by atoms with van der Waals surface area (Å²) in [5.41, 5.74) is 0.783. The van der Waals surface area contributed by atoms with Gasteiger partial charge in [0.05, 0.1) is 23.5 Å². The van der Waals surface area contributed by atoms with E-state index in [0.29, 0.717) is 22.1 Å². The molecule has 2 aromatic rings. The van der Waals surface area contributed by atoms with Crippen molar-refractivity contribution in [2.75, 3.05) is 37.7 Å². The molecule has 0 amide bonds. The largest absolute Gasteiger partial charge is 0.334 e. The molecule has 0 saturated carbocycles. The van der Waals surface area contributed by atoms with Gasteiger partial charge in [-0.1, -0.05) is 16.8 Å². The summed E-state index contributed by atoms with van der Waals surface area (Å²) in [6.07, 6.45) is 1.08. The first-order chi connectivity index (χ1) is 11.3. The monoisotopic (exact) mass is 371 g/mol. The molecule has 1 aromatic heterocycles. The number of sulfonamides is 1. The Morgan fingerprint density at radius 1 is 1.46 bits per heavy atom. The van der Waals surface area contributed by atoms with Crippen LogP contribution in [0.4, 0.5) is 5.69 Å². The van der Waals surface area contributed by atoms with E-state index in [1.54, 1.807) is 18.2 Å². The molecule has 8 nitrogen and oxygen atoms in total. The number of benzene rings is 1. The van der Waals surface area contributed by atoms with Gasteiger partial charge in [-0.15, -0.1) is 0 Å². The number of nitrogens with one attached hydrogen (secondary N) is 2. The van der Waals surface area contributed by atoms with E-state index in [9.17, 15) is 8.42 Å². The highest BCUT2D eigenvalue weighted by molar-refractivity contribution is 7.92. The zero-order valence-corrected chi connectivity index (χ0v) is 14.9. The molecule has 24 heavy (non-hydrogen) atoms. The number of nitrogens with zero attached hydrogens (tertiary/aromatic N) is 3. The van der Waals surface area contributed by atoms with E-state index >= 15 is 0 Å². The number of anilines is 1. The lowest BCUT2D eigenvalue weighted by atomic mass is 10.1. The molecule has 0 aliphatic carbocycles. The van der Waals surface area contributed by atoms with Crippen molar-refractivity contribution in [3.63, 3.8) is 0 Å². The van der Waals surface area contributed by atoms with Gasteiger partial charge < -0.3 is 9.84 Å². The molecule has 10 heteroatoms. The molecule has 1 unspecified atom stereocenters. The smallest absolute Gasteiger partial charge is 0.260 e. The molecule has 0 spiro atoms. The summed E-state index contributed by atoms with van der Waals surface area (Å²) in [5, 5.41) is 7.78. The second kappa shape index (κ2) is 6.67. The maximum atomic E-state index is 11.5. The molecule has 1 atom stereocenters. The molecular weight excluding hydrogens is 354 g/mol. The highest BCUT2D eigenvalue weighted by Gasteiger charge is 2.26. The van der Waals surface area contributed by atoms with Gasteiger partial charge in [0.2, 0.25) is 10.0 Å². The quantitative estimate of drug-likeness (QED) is 0.836. The Hall–Kier alpha value is -1.68. The van der Waals surface area contributed by atoms with E-state index in [-0.39, 0.29) is 11.9 Å². The minimum atomic E-state index is -3.44. The fourth-order valence-electron chi connectivity index (χ4n) is 2.56. The summed E-state index contributed by atoms with van der Waals surface area (Å²) in [6.45, 7) is 2.51. The zero-order chi connectivity index (χ0) is 17.3. The van der Waals surface area contributed by atoms with Gasteiger partial charge in [-0.2, -0.15) is 4.98 Å². The first-order valence-electron chi connectivity index (χ1n) is 7.36. The normalized spacial score (nSPS) is 19.4. The fraction of sp³-hybridized carbons (Fsp3) is 0.429. The fourth-order valence-corrected chi connectivity index (χ4v) is 3.31. The van der Waals surface area contributed by atoms with E-state index in [2.05, 4.69) is 25.1 Å². The number of hydrogen-bond donors (Lipinski definition) is 2. The average Bonchev–Trinajstić information content (AvgIpc) is 2.98. The summed E-state index contributed by atoms with van der Waals surface area (Å²) in [5.74, 6) is 0.766. The summed E-state index contributed by atoms with van der Waals surface area (Å²) < 4.78 is 30.9. The van der Waals surface area contributed by atoms with Crippen molar-refractivity contribution in [2.45, 2.75) is 6.04 Å². The van der Waals surface area contributed by atoms with E-state index in [4.69, 9.17) is 16.1 Å². The first-order valence-corrected chi connectivity index (χ1v) is 9.63. The third kappa shape index (κ3) is 3.86. The van der Waals surface area contributed by atoms with Gasteiger partial charge in [0.25, 0.3) is 5.89 Å². The number of aromatic nitrogens is 2. The van der Waals surface area contributed by atoms with Crippen LogP contribution in [0.15, 0.2) is 22.7 Å². The minimum absolute atomic E-state index is 0.00162. The molecule has 2 N–H and O–H groups in total. The van der Waals surface area contributed by atoms with Crippen molar-refractivity contribution in [3.05, 3.63) is 29.0 Å². The molecule has 0 radical (unpaired) electrons. The molecule has 2 heterocycles. The summed E-state index contributed by atoms with van der Waals surface area (Å²) in [6, 6.07) is 4.75. The van der Waals surface area contributed by atoms with E-state index < -0.39 is 10.0 Å². The van der Waals surface area contributed by atoms with E-state index in [0.717, 1.165) is 25.9 Å². The van der Waals surface area contributed by atoms with Crippen molar-refractivity contribution in [1.29, 1.82) is 0 Å². The summed E-state index contributed by atoms with van der Waals surface area (Å²) in [7, 11) is -1.45.